The molecule has 0 spiro atoms. The van der Waals surface area contributed by atoms with Crippen LogP contribution >= 0.6 is 0 Å². The van der Waals surface area contributed by atoms with Crippen LogP contribution in [0.5, 0.6) is 0 Å². The van der Waals surface area contributed by atoms with E-state index in [2.05, 4.69) is 67.2 Å². The van der Waals surface area contributed by atoms with E-state index >= 15 is 0 Å². The van der Waals surface area contributed by atoms with Gasteiger partial charge in [0.15, 0.2) is 0 Å². The van der Waals surface area contributed by atoms with Gasteiger partial charge in [-0.3, -0.25) is 0 Å². The van der Waals surface area contributed by atoms with Gasteiger partial charge < -0.3 is 0 Å². The molecule has 1 aliphatic rings. The van der Waals surface area contributed by atoms with Crippen molar-refractivity contribution in [2.24, 2.45) is 5.92 Å². The molecule has 0 aromatic heterocycles. The van der Waals surface area contributed by atoms with Crippen LogP contribution in [-0.2, 0) is 0 Å². The van der Waals surface area contributed by atoms with Gasteiger partial charge in [0.05, 0.1) is 0 Å². The van der Waals surface area contributed by atoms with Crippen LogP contribution in [0, 0.1) is 5.92 Å². The minimum absolute atomic E-state index is 0.614. The SMILES string of the molecule is C=CCCC1C(c2ccccc2)=C1c1ccccc1. The highest BCUT2D eigenvalue weighted by atomic mass is 14.4. The van der Waals surface area contributed by atoms with Crippen molar-refractivity contribution in [3.8, 4) is 0 Å². The van der Waals surface area contributed by atoms with Gasteiger partial charge in [-0.05, 0) is 35.1 Å². The zero-order valence-electron chi connectivity index (χ0n) is 11.0. The molecule has 0 nitrogen and oxygen atoms in total. The van der Waals surface area contributed by atoms with Gasteiger partial charge in [0.1, 0.15) is 0 Å². The summed E-state index contributed by atoms with van der Waals surface area (Å²) in [4.78, 5) is 0. The summed E-state index contributed by atoms with van der Waals surface area (Å²) in [5.74, 6) is 0.614. The first-order valence-corrected chi connectivity index (χ1v) is 6.87. The number of hydrogen-bond donors (Lipinski definition) is 0. The van der Waals surface area contributed by atoms with Gasteiger partial charge >= 0.3 is 0 Å². The first-order chi connectivity index (χ1) is 9.42. The highest BCUT2D eigenvalue weighted by Crippen LogP contribution is 2.55. The summed E-state index contributed by atoms with van der Waals surface area (Å²) in [7, 11) is 0. The quantitative estimate of drug-likeness (QED) is 0.637. The van der Waals surface area contributed by atoms with Gasteiger partial charge in [-0.25, -0.2) is 0 Å². The van der Waals surface area contributed by atoms with Crippen LogP contribution < -0.4 is 0 Å². The lowest BCUT2D eigenvalue weighted by Gasteiger charge is -1.99. The fraction of sp³-hybridized carbons (Fsp3) is 0.158. The fourth-order valence-corrected chi connectivity index (χ4v) is 2.79. The minimum Gasteiger partial charge on any atom is -0.103 e. The van der Waals surface area contributed by atoms with E-state index in [4.69, 9.17) is 0 Å². The topological polar surface area (TPSA) is 0 Å². The molecule has 0 unspecified atom stereocenters. The van der Waals surface area contributed by atoms with Crippen LogP contribution in [0.1, 0.15) is 24.0 Å². The van der Waals surface area contributed by atoms with Crippen molar-refractivity contribution in [3.63, 3.8) is 0 Å². The van der Waals surface area contributed by atoms with Gasteiger partial charge in [-0.1, -0.05) is 66.7 Å². The zero-order chi connectivity index (χ0) is 13.1. The summed E-state index contributed by atoms with van der Waals surface area (Å²) >= 11 is 0. The lowest BCUT2D eigenvalue weighted by Crippen LogP contribution is -1.84. The van der Waals surface area contributed by atoms with Crippen LogP contribution in [0.25, 0.3) is 11.1 Å². The van der Waals surface area contributed by atoms with Crippen LogP contribution in [0.2, 0.25) is 0 Å². The molecule has 0 atom stereocenters. The average Bonchev–Trinajstić information content (AvgIpc) is 3.21. The van der Waals surface area contributed by atoms with E-state index < -0.39 is 0 Å². The summed E-state index contributed by atoms with van der Waals surface area (Å²) in [6, 6.07) is 21.5. The predicted molar refractivity (Wildman–Crippen MR) is 82.6 cm³/mol. The van der Waals surface area contributed by atoms with Crippen molar-refractivity contribution >= 4 is 11.1 Å². The molecule has 0 aliphatic heterocycles. The second-order valence-electron chi connectivity index (χ2n) is 4.98. The highest BCUT2D eigenvalue weighted by molar-refractivity contribution is 6.10. The Kier molecular flexibility index (Phi) is 3.33. The Morgan fingerprint density at radius 3 is 1.68 bits per heavy atom. The van der Waals surface area contributed by atoms with Gasteiger partial charge in [-0.2, -0.15) is 0 Å². The third-order valence-corrected chi connectivity index (χ3v) is 3.73. The summed E-state index contributed by atoms with van der Waals surface area (Å²) in [6.45, 7) is 3.84. The first kappa shape index (κ1) is 12.0. The van der Waals surface area contributed by atoms with Crippen LogP contribution in [-0.4, -0.2) is 0 Å². The minimum atomic E-state index is 0.614. The maximum absolute atomic E-state index is 3.84. The van der Waals surface area contributed by atoms with Crippen LogP contribution in [0.4, 0.5) is 0 Å². The monoisotopic (exact) mass is 246 g/mol. The van der Waals surface area contributed by atoms with E-state index in [1.807, 2.05) is 6.08 Å². The Labute approximate surface area is 115 Å². The largest absolute Gasteiger partial charge is 0.103 e. The van der Waals surface area contributed by atoms with E-state index in [0.717, 1.165) is 6.42 Å². The van der Waals surface area contributed by atoms with Crippen molar-refractivity contribution in [2.75, 3.05) is 0 Å². The molecular formula is C19H18. The van der Waals surface area contributed by atoms with Crippen molar-refractivity contribution in [2.45, 2.75) is 12.8 Å². The lowest BCUT2D eigenvalue weighted by atomic mass is 10.0. The van der Waals surface area contributed by atoms with Crippen molar-refractivity contribution in [1.82, 2.24) is 0 Å². The summed E-state index contributed by atoms with van der Waals surface area (Å²) in [6.07, 6.45) is 4.28. The van der Waals surface area contributed by atoms with Gasteiger partial charge in [0.25, 0.3) is 0 Å². The molecule has 0 bridgehead atoms. The van der Waals surface area contributed by atoms with Crippen LogP contribution in [0.15, 0.2) is 73.3 Å². The highest BCUT2D eigenvalue weighted by Gasteiger charge is 2.36. The summed E-state index contributed by atoms with van der Waals surface area (Å²) in [5, 5.41) is 0. The van der Waals surface area contributed by atoms with E-state index in [-0.39, 0.29) is 0 Å². The van der Waals surface area contributed by atoms with Gasteiger partial charge in [0.2, 0.25) is 0 Å². The fourth-order valence-electron chi connectivity index (χ4n) is 2.79. The molecule has 0 heterocycles. The predicted octanol–water partition coefficient (Wildman–Crippen LogP) is 5.19. The lowest BCUT2D eigenvalue weighted by molar-refractivity contribution is 0.811. The second-order valence-corrected chi connectivity index (χ2v) is 4.98. The third kappa shape index (κ3) is 2.39. The molecule has 0 saturated carbocycles. The molecule has 2 aromatic rings. The molecule has 19 heavy (non-hydrogen) atoms. The smallest absolute Gasteiger partial charge is 0.0110 e. The van der Waals surface area contributed by atoms with E-state index in [0.29, 0.717) is 5.92 Å². The number of rotatable bonds is 5. The summed E-state index contributed by atoms with van der Waals surface area (Å²) < 4.78 is 0. The molecule has 0 fully saturated rings. The Morgan fingerprint density at radius 2 is 1.26 bits per heavy atom. The Balaban J connectivity index is 1.93. The number of allylic oxidation sites excluding steroid dienone is 3. The molecule has 94 valence electrons. The van der Waals surface area contributed by atoms with Gasteiger partial charge in [-0.15, -0.1) is 6.58 Å². The molecule has 0 radical (unpaired) electrons. The standard InChI is InChI=1S/C19H18/c1-2-3-14-17-18(15-10-6-4-7-11-15)19(17)16-12-8-5-9-13-16/h2,4-13,17H,1,3,14H2. The third-order valence-electron chi connectivity index (χ3n) is 3.73. The normalized spacial score (nSPS) is 14.5. The molecular weight excluding hydrogens is 228 g/mol. The molecule has 3 rings (SSSR count). The Morgan fingerprint density at radius 1 is 0.789 bits per heavy atom. The molecule has 0 amide bonds. The first-order valence-electron chi connectivity index (χ1n) is 6.87. The number of benzene rings is 2. The molecule has 0 N–H and O–H groups in total. The molecule has 1 aliphatic carbocycles. The molecule has 0 heteroatoms. The van der Waals surface area contributed by atoms with E-state index in [1.54, 1.807) is 0 Å². The van der Waals surface area contributed by atoms with Crippen molar-refractivity contribution < 1.29 is 0 Å². The van der Waals surface area contributed by atoms with Crippen LogP contribution in [0.3, 0.4) is 0 Å². The average molecular weight is 246 g/mol. The number of hydrogen-bond acceptors (Lipinski definition) is 0. The molecule has 2 aromatic carbocycles. The maximum Gasteiger partial charge on any atom is 0.0110 e. The van der Waals surface area contributed by atoms with E-state index in [1.165, 1.54) is 28.7 Å². The van der Waals surface area contributed by atoms with Gasteiger partial charge in [0, 0.05) is 5.92 Å². The van der Waals surface area contributed by atoms with E-state index in [9.17, 15) is 0 Å². The second kappa shape index (κ2) is 5.27. The Hall–Kier alpha value is -2.08. The maximum atomic E-state index is 3.84. The molecule has 0 saturated heterocycles. The zero-order valence-corrected chi connectivity index (χ0v) is 11.0. The van der Waals surface area contributed by atoms with Crippen molar-refractivity contribution in [3.05, 3.63) is 84.4 Å². The summed E-state index contributed by atoms with van der Waals surface area (Å²) in [5.41, 5.74) is 5.79. The van der Waals surface area contributed by atoms with Crippen molar-refractivity contribution in [1.29, 1.82) is 0 Å². The Bertz CT molecular complexity index is 541.